The zero-order valence-corrected chi connectivity index (χ0v) is 19.5. The van der Waals surface area contributed by atoms with Crippen molar-refractivity contribution < 1.29 is 27.9 Å². The van der Waals surface area contributed by atoms with Gasteiger partial charge in [-0.2, -0.15) is 0 Å². The van der Waals surface area contributed by atoms with Gasteiger partial charge in [-0.15, -0.1) is 0 Å². The van der Waals surface area contributed by atoms with E-state index in [4.69, 9.17) is 9.84 Å². The number of carboxylic acid groups (broad SMARTS) is 1. The third-order valence-corrected chi connectivity index (χ3v) is 8.46. The summed E-state index contributed by atoms with van der Waals surface area (Å²) >= 11 is 0.758. The Labute approximate surface area is 191 Å². The Hall–Kier alpha value is -2.66. The lowest BCUT2D eigenvalue weighted by atomic mass is 9.94. The molecule has 0 aliphatic heterocycles. The first-order valence-corrected chi connectivity index (χ1v) is 12.9. The van der Waals surface area contributed by atoms with Crippen LogP contribution in [0.15, 0.2) is 34.7 Å². The normalized spacial score (nSPS) is 14.7. The number of hydrogen-bond donors (Lipinski definition) is 2. The fourth-order valence-corrected chi connectivity index (χ4v) is 5.88. The molecule has 1 aliphatic rings. The zero-order chi connectivity index (χ0) is 23.1. The molecule has 0 atom stereocenters. The number of methoxy groups -OCH3 is 1. The van der Waals surface area contributed by atoms with Crippen molar-refractivity contribution in [2.24, 2.45) is 0 Å². The van der Waals surface area contributed by atoms with Gasteiger partial charge in [0.1, 0.15) is 9.96 Å². The van der Waals surface area contributed by atoms with Gasteiger partial charge in [0.2, 0.25) is 0 Å². The molecule has 32 heavy (non-hydrogen) atoms. The van der Waals surface area contributed by atoms with Crippen molar-refractivity contribution in [3.8, 4) is 5.75 Å². The van der Waals surface area contributed by atoms with Gasteiger partial charge in [0.25, 0.3) is 0 Å². The molecule has 2 N–H and O–H groups in total. The summed E-state index contributed by atoms with van der Waals surface area (Å²) in [5.74, 6) is -1.68. The Morgan fingerprint density at radius 1 is 1.22 bits per heavy atom. The highest BCUT2D eigenvalue weighted by atomic mass is 32.2. The maximum atomic E-state index is 13.1. The summed E-state index contributed by atoms with van der Waals surface area (Å²) in [6.45, 7) is 0.512. The SMILES string of the molecule is COc1ccc(CCN(C(=O)Nc2ncc(S(=O)(=O)CC(=O)O)s2)C2CCCCC2)cc1. The summed E-state index contributed by atoms with van der Waals surface area (Å²) in [5.41, 5.74) is 1.08. The molecule has 1 fully saturated rings. The van der Waals surface area contributed by atoms with Crippen LogP contribution in [-0.4, -0.2) is 60.9 Å². The van der Waals surface area contributed by atoms with Gasteiger partial charge < -0.3 is 14.7 Å². The summed E-state index contributed by atoms with van der Waals surface area (Å²) in [5, 5.41) is 11.6. The molecule has 1 aliphatic carbocycles. The summed E-state index contributed by atoms with van der Waals surface area (Å²) < 4.78 is 29.2. The van der Waals surface area contributed by atoms with E-state index in [1.807, 2.05) is 24.3 Å². The standard InChI is InChI=1S/C21H27N3O6S2/c1-30-17-9-7-15(8-10-17)11-12-24(16-5-3-2-4-6-16)21(27)23-20-22-13-19(31-20)32(28,29)14-18(25)26/h7-10,13,16H,2-6,11-12,14H2,1H3,(H,25,26)(H,22,23,27). The number of thiazole rings is 1. The monoisotopic (exact) mass is 481 g/mol. The van der Waals surface area contributed by atoms with Crippen LogP contribution in [0.5, 0.6) is 5.75 Å². The van der Waals surface area contributed by atoms with Gasteiger partial charge in [0.05, 0.1) is 13.3 Å². The van der Waals surface area contributed by atoms with E-state index < -0.39 is 21.6 Å². The van der Waals surface area contributed by atoms with Gasteiger partial charge in [-0.25, -0.2) is 18.2 Å². The number of rotatable bonds is 9. The number of sulfone groups is 1. The molecule has 0 unspecified atom stereocenters. The average molecular weight is 482 g/mol. The van der Waals surface area contributed by atoms with Crippen molar-refractivity contribution in [2.75, 3.05) is 24.7 Å². The minimum atomic E-state index is -3.99. The average Bonchev–Trinajstić information content (AvgIpc) is 3.24. The molecule has 3 rings (SSSR count). The predicted octanol–water partition coefficient (Wildman–Crippen LogP) is 3.42. The zero-order valence-electron chi connectivity index (χ0n) is 17.8. The Morgan fingerprint density at radius 3 is 2.53 bits per heavy atom. The molecule has 1 saturated carbocycles. The molecule has 174 valence electrons. The Morgan fingerprint density at radius 2 is 1.91 bits per heavy atom. The number of hydrogen-bond acceptors (Lipinski definition) is 7. The van der Waals surface area contributed by atoms with Crippen LogP contribution in [0.2, 0.25) is 0 Å². The fraction of sp³-hybridized carbons (Fsp3) is 0.476. The number of nitrogens with zero attached hydrogens (tertiary/aromatic N) is 2. The third kappa shape index (κ3) is 6.42. The number of carbonyl (C=O) groups is 2. The van der Waals surface area contributed by atoms with Gasteiger partial charge >= 0.3 is 12.0 Å². The van der Waals surface area contributed by atoms with E-state index in [1.54, 1.807) is 12.0 Å². The maximum Gasteiger partial charge on any atom is 0.323 e. The van der Waals surface area contributed by atoms with Gasteiger partial charge in [0.15, 0.2) is 20.7 Å². The van der Waals surface area contributed by atoms with Crippen LogP contribution in [0.4, 0.5) is 9.93 Å². The summed E-state index contributed by atoms with van der Waals surface area (Å²) in [6, 6.07) is 7.48. The smallest absolute Gasteiger partial charge is 0.323 e. The molecule has 1 aromatic carbocycles. The van der Waals surface area contributed by atoms with Crippen LogP contribution in [0.3, 0.4) is 0 Å². The topological polar surface area (TPSA) is 126 Å². The highest BCUT2D eigenvalue weighted by Crippen LogP contribution is 2.27. The number of anilines is 1. The van der Waals surface area contributed by atoms with Gasteiger partial charge in [-0.3, -0.25) is 10.1 Å². The third-order valence-electron chi connectivity index (χ3n) is 5.40. The van der Waals surface area contributed by atoms with Crippen molar-refractivity contribution in [1.82, 2.24) is 9.88 Å². The molecule has 2 aromatic rings. The number of aromatic nitrogens is 1. The first-order chi connectivity index (χ1) is 15.3. The number of carbonyl (C=O) groups excluding carboxylic acids is 1. The van der Waals surface area contributed by atoms with Crippen LogP contribution in [-0.2, 0) is 21.1 Å². The van der Waals surface area contributed by atoms with Crippen LogP contribution >= 0.6 is 11.3 Å². The second kappa shape index (κ2) is 10.8. The molecule has 0 saturated heterocycles. The molecule has 2 amide bonds. The number of nitrogens with one attached hydrogen (secondary N) is 1. The molecule has 0 spiro atoms. The van der Waals surface area contributed by atoms with E-state index >= 15 is 0 Å². The number of aliphatic carboxylic acids is 1. The largest absolute Gasteiger partial charge is 0.497 e. The van der Waals surface area contributed by atoms with Gasteiger partial charge in [-0.05, 0) is 37.0 Å². The molecule has 0 radical (unpaired) electrons. The molecule has 9 nitrogen and oxygen atoms in total. The van der Waals surface area contributed by atoms with Crippen molar-refractivity contribution in [1.29, 1.82) is 0 Å². The van der Waals surface area contributed by atoms with E-state index in [-0.39, 0.29) is 21.4 Å². The summed E-state index contributed by atoms with van der Waals surface area (Å²) in [6.07, 6.45) is 6.88. The Kier molecular flexibility index (Phi) is 8.08. The number of carboxylic acids is 1. The van der Waals surface area contributed by atoms with Gasteiger partial charge in [0, 0.05) is 12.6 Å². The number of ether oxygens (including phenoxy) is 1. The molecule has 1 heterocycles. The molecule has 0 bridgehead atoms. The minimum absolute atomic E-state index is 0.108. The van der Waals surface area contributed by atoms with Crippen LogP contribution in [0.1, 0.15) is 37.7 Å². The first kappa shape index (κ1) is 24.0. The van der Waals surface area contributed by atoms with E-state index in [9.17, 15) is 18.0 Å². The second-order valence-electron chi connectivity index (χ2n) is 7.65. The van der Waals surface area contributed by atoms with Crippen molar-refractivity contribution >= 4 is 38.3 Å². The maximum absolute atomic E-state index is 13.1. The van der Waals surface area contributed by atoms with Crippen molar-refractivity contribution in [3.05, 3.63) is 36.0 Å². The van der Waals surface area contributed by atoms with E-state index in [0.717, 1.165) is 61.0 Å². The molecular weight excluding hydrogens is 454 g/mol. The van der Waals surface area contributed by atoms with Crippen molar-refractivity contribution in [3.63, 3.8) is 0 Å². The molecular formula is C21H27N3O6S2. The lowest BCUT2D eigenvalue weighted by Crippen LogP contribution is -2.45. The lowest BCUT2D eigenvalue weighted by Gasteiger charge is -2.34. The van der Waals surface area contributed by atoms with E-state index in [2.05, 4.69) is 10.3 Å². The summed E-state index contributed by atoms with van der Waals surface area (Å²) in [4.78, 5) is 29.6. The Bertz CT molecular complexity index is 1030. The quantitative estimate of drug-likeness (QED) is 0.562. The van der Waals surface area contributed by atoms with E-state index in [1.165, 1.54) is 0 Å². The molecule has 11 heteroatoms. The Balaban J connectivity index is 1.70. The fourth-order valence-electron chi connectivity index (χ4n) is 3.74. The first-order valence-electron chi connectivity index (χ1n) is 10.4. The van der Waals surface area contributed by atoms with Crippen LogP contribution in [0.25, 0.3) is 0 Å². The minimum Gasteiger partial charge on any atom is -0.497 e. The highest BCUT2D eigenvalue weighted by molar-refractivity contribution is 7.94. The van der Waals surface area contributed by atoms with Crippen molar-refractivity contribution in [2.45, 2.75) is 48.8 Å². The molecule has 1 aromatic heterocycles. The van der Waals surface area contributed by atoms with E-state index in [0.29, 0.717) is 13.0 Å². The summed E-state index contributed by atoms with van der Waals surface area (Å²) in [7, 11) is -2.37. The second-order valence-corrected chi connectivity index (χ2v) is 10.9. The number of benzene rings is 1. The highest BCUT2D eigenvalue weighted by Gasteiger charge is 2.27. The number of urea groups is 1. The number of amides is 2. The van der Waals surface area contributed by atoms with Gasteiger partial charge in [-0.1, -0.05) is 42.7 Å². The van der Waals surface area contributed by atoms with Crippen LogP contribution < -0.4 is 10.1 Å². The van der Waals surface area contributed by atoms with Crippen LogP contribution in [0, 0.1) is 0 Å². The predicted molar refractivity (Wildman–Crippen MR) is 121 cm³/mol. The lowest BCUT2D eigenvalue weighted by molar-refractivity contribution is -0.134.